The van der Waals surface area contributed by atoms with Crippen LogP contribution >= 0.6 is 0 Å². The normalized spacial score (nSPS) is 11.5. The minimum Gasteiger partial charge on any atom is -0.507 e. The van der Waals surface area contributed by atoms with E-state index in [9.17, 15) is 14.7 Å². The Kier molecular flexibility index (Phi) is 7.02. The lowest BCUT2D eigenvalue weighted by Gasteiger charge is -2.17. The van der Waals surface area contributed by atoms with Gasteiger partial charge in [-0.15, -0.1) is 0 Å². The van der Waals surface area contributed by atoms with Crippen LogP contribution in [0, 0.1) is 5.92 Å². The molecule has 0 fully saturated rings. The molecule has 0 radical (unpaired) electrons. The van der Waals surface area contributed by atoms with Crippen LogP contribution in [0.15, 0.2) is 48.5 Å². The zero-order valence-electron chi connectivity index (χ0n) is 14.9. The van der Waals surface area contributed by atoms with E-state index in [0.717, 1.165) is 5.56 Å². The lowest BCUT2D eigenvalue weighted by Crippen LogP contribution is -2.35. The minimum absolute atomic E-state index is 0.109. The zero-order chi connectivity index (χ0) is 18.9. The van der Waals surface area contributed by atoms with Crippen LogP contribution in [0.3, 0.4) is 0 Å². The third-order valence-corrected chi connectivity index (χ3v) is 3.90. The number of carbonyl (C=O) groups is 2. The number of aromatic hydroxyl groups is 1. The molecule has 0 aliphatic heterocycles. The first-order valence-corrected chi connectivity index (χ1v) is 8.41. The molecule has 2 rings (SSSR count). The van der Waals surface area contributed by atoms with E-state index in [0.29, 0.717) is 12.2 Å². The van der Waals surface area contributed by atoms with Crippen molar-refractivity contribution >= 4 is 11.9 Å². The number of hydrogen-bond acceptors (Lipinski definition) is 5. The van der Waals surface area contributed by atoms with Crippen molar-refractivity contribution in [3.05, 3.63) is 59.7 Å². The molecule has 1 amide bonds. The number of carbonyl (C=O) groups excluding carboxylic acids is 2. The van der Waals surface area contributed by atoms with Gasteiger partial charge in [-0.1, -0.05) is 30.3 Å². The highest BCUT2D eigenvalue weighted by Crippen LogP contribution is 2.23. The summed E-state index contributed by atoms with van der Waals surface area (Å²) in [5.41, 5.74) is 1.10. The smallest absolute Gasteiger partial charge is 0.311 e. The highest BCUT2D eigenvalue weighted by atomic mass is 16.5. The van der Waals surface area contributed by atoms with E-state index < -0.39 is 11.8 Å². The Morgan fingerprint density at radius 1 is 1.15 bits per heavy atom. The van der Waals surface area contributed by atoms with E-state index in [1.54, 1.807) is 13.0 Å². The van der Waals surface area contributed by atoms with Crippen molar-refractivity contribution in [2.75, 3.05) is 20.3 Å². The number of phenolic OH excluding ortho intramolecular Hbond substituents is 1. The molecule has 2 aromatic carbocycles. The van der Waals surface area contributed by atoms with Crippen molar-refractivity contribution in [1.29, 1.82) is 0 Å². The Bertz CT molecular complexity index is 745. The third kappa shape index (κ3) is 5.24. The fourth-order valence-corrected chi connectivity index (χ4v) is 2.54. The first-order valence-electron chi connectivity index (χ1n) is 8.41. The zero-order valence-corrected chi connectivity index (χ0v) is 14.9. The maximum Gasteiger partial charge on any atom is 0.311 e. The van der Waals surface area contributed by atoms with Crippen molar-refractivity contribution in [3.63, 3.8) is 0 Å². The summed E-state index contributed by atoms with van der Waals surface area (Å²) in [6, 6.07) is 13.9. The number of methoxy groups -OCH3 is 1. The first-order chi connectivity index (χ1) is 12.5. The van der Waals surface area contributed by atoms with E-state index in [2.05, 4.69) is 5.32 Å². The summed E-state index contributed by atoms with van der Waals surface area (Å²) in [6.45, 7) is 2.13. The van der Waals surface area contributed by atoms with Gasteiger partial charge in [0, 0.05) is 12.6 Å². The molecule has 2 aromatic rings. The molecule has 138 valence electrons. The fourth-order valence-electron chi connectivity index (χ4n) is 2.54. The monoisotopic (exact) mass is 357 g/mol. The van der Waals surface area contributed by atoms with Gasteiger partial charge in [-0.25, -0.2) is 0 Å². The number of rotatable bonds is 8. The number of amides is 1. The summed E-state index contributed by atoms with van der Waals surface area (Å²) < 4.78 is 10.1. The topological polar surface area (TPSA) is 84.9 Å². The highest BCUT2D eigenvalue weighted by molar-refractivity contribution is 5.97. The second-order valence-corrected chi connectivity index (χ2v) is 5.73. The largest absolute Gasteiger partial charge is 0.507 e. The van der Waals surface area contributed by atoms with E-state index >= 15 is 0 Å². The van der Waals surface area contributed by atoms with Gasteiger partial charge < -0.3 is 19.9 Å². The molecule has 0 saturated carbocycles. The van der Waals surface area contributed by atoms with Gasteiger partial charge in [0.15, 0.2) is 0 Å². The molecule has 1 unspecified atom stereocenters. The van der Waals surface area contributed by atoms with E-state index in [1.807, 2.05) is 30.3 Å². The molecule has 6 nitrogen and oxygen atoms in total. The molecule has 2 N–H and O–H groups in total. The average Bonchev–Trinajstić information content (AvgIpc) is 2.65. The summed E-state index contributed by atoms with van der Waals surface area (Å²) in [7, 11) is 1.47. The maximum atomic E-state index is 12.3. The molecular formula is C20H23NO5. The summed E-state index contributed by atoms with van der Waals surface area (Å²) in [5, 5.41) is 12.7. The van der Waals surface area contributed by atoms with Crippen LogP contribution < -0.4 is 10.1 Å². The molecule has 0 heterocycles. The minimum atomic E-state index is -0.512. The van der Waals surface area contributed by atoms with E-state index in [-0.39, 0.29) is 30.4 Å². The van der Waals surface area contributed by atoms with Crippen molar-refractivity contribution < 1.29 is 24.2 Å². The second-order valence-electron chi connectivity index (χ2n) is 5.73. The van der Waals surface area contributed by atoms with Gasteiger partial charge in [0.05, 0.1) is 25.2 Å². The molecule has 0 aliphatic rings. The maximum absolute atomic E-state index is 12.3. The molecule has 0 aromatic heterocycles. The van der Waals surface area contributed by atoms with Crippen LogP contribution in [0.4, 0.5) is 0 Å². The van der Waals surface area contributed by atoms with Gasteiger partial charge >= 0.3 is 5.97 Å². The van der Waals surface area contributed by atoms with Crippen LogP contribution in [-0.2, 0) is 16.0 Å². The molecule has 26 heavy (non-hydrogen) atoms. The van der Waals surface area contributed by atoms with Gasteiger partial charge in [0.25, 0.3) is 5.91 Å². The van der Waals surface area contributed by atoms with Crippen LogP contribution in [0.25, 0.3) is 0 Å². The molecule has 0 aliphatic carbocycles. The second kappa shape index (κ2) is 9.46. The Morgan fingerprint density at radius 3 is 2.50 bits per heavy atom. The summed E-state index contributed by atoms with van der Waals surface area (Å²) in [6.07, 6.45) is 0.453. The number of esters is 1. The number of nitrogens with one attached hydrogen (secondary N) is 1. The number of benzene rings is 2. The Labute approximate surface area is 152 Å². The summed E-state index contributed by atoms with van der Waals surface area (Å²) in [5.74, 6) is -1.07. The number of hydrogen-bond donors (Lipinski definition) is 2. The Hall–Kier alpha value is -3.02. The lowest BCUT2D eigenvalue weighted by molar-refractivity contribution is -0.147. The summed E-state index contributed by atoms with van der Waals surface area (Å²) >= 11 is 0. The van der Waals surface area contributed by atoms with Crippen molar-refractivity contribution in [3.8, 4) is 11.5 Å². The Morgan fingerprint density at radius 2 is 1.88 bits per heavy atom. The first kappa shape index (κ1) is 19.3. The standard InChI is InChI=1S/C20H23NO5/c1-3-26-20(24)15(11-14-7-5-4-6-8-14)13-21-19(23)17-10-9-16(25-2)12-18(17)22/h4-10,12,15,22H,3,11,13H2,1-2H3,(H,21,23). The highest BCUT2D eigenvalue weighted by Gasteiger charge is 2.22. The predicted molar refractivity (Wildman–Crippen MR) is 97.3 cm³/mol. The van der Waals surface area contributed by atoms with Crippen molar-refractivity contribution in [2.24, 2.45) is 5.92 Å². The SMILES string of the molecule is CCOC(=O)C(CNC(=O)c1ccc(OC)cc1O)Cc1ccccc1. The Balaban J connectivity index is 2.05. The van der Waals surface area contributed by atoms with Gasteiger partial charge in [0.1, 0.15) is 11.5 Å². The molecule has 6 heteroatoms. The molecule has 1 atom stereocenters. The fraction of sp³-hybridized carbons (Fsp3) is 0.300. The number of ether oxygens (including phenoxy) is 2. The lowest BCUT2D eigenvalue weighted by atomic mass is 9.99. The number of phenols is 1. The summed E-state index contributed by atoms with van der Waals surface area (Å²) in [4.78, 5) is 24.5. The predicted octanol–water partition coefficient (Wildman–Crippen LogP) is 2.55. The molecular weight excluding hydrogens is 334 g/mol. The van der Waals surface area contributed by atoms with Gasteiger partial charge in [-0.3, -0.25) is 9.59 Å². The quantitative estimate of drug-likeness (QED) is 0.709. The van der Waals surface area contributed by atoms with Crippen molar-refractivity contribution in [2.45, 2.75) is 13.3 Å². The van der Waals surface area contributed by atoms with E-state index in [4.69, 9.17) is 9.47 Å². The van der Waals surface area contributed by atoms with E-state index in [1.165, 1.54) is 19.2 Å². The van der Waals surface area contributed by atoms with Gasteiger partial charge in [-0.2, -0.15) is 0 Å². The molecule has 0 saturated heterocycles. The van der Waals surface area contributed by atoms with Crippen LogP contribution in [0.5, 0.6) is 11.5 Å². The van der Waals surface area contributed by atoms with Gasteiger partial charge in [-0.05, 0) is 31.0 Å². The van der Waals surface area contributed by atoms with Crippen LogP contribution in [-0.4, -0.2) is 37.2 Å². The third-order valence-electron chi connectivity index (χ3n) is 3.90. The van der Waals surface area contributed by atoms with Crippen LogP contribution in [0.1, 0.15) is 22.8 Å². The van der Waals surface area contributed by atoms with Crippen LogP contribution in [0.2, 0.25) is 0 Å². The molecule has 0 bridgehead atoms. The van der Waals surface area contributed by atoms with Crippen molar-refractivity contribution in [1.82, 2.24) is 5.32 Å². The van der Waals surface area contributed by atoms with Gasteiger partial charge in [0.2, 0.25) is 0 Å². The molecule has 0 spiro atoms. The average molecular weight is 357 g/mol.